The molecule has 0 radical (unpaired) electrons. The van der Waals surface area contributed by atoms with E-state index in [2.05, 4.69) is 0 Å². The van der Waals surface area contributed by atoms with E-state index in [1.54, 1.807) is 0 Å². The van der Waals surface area contributed by atoms with Gasteiger partial charge >= 0.3 is 0 Å². The third-order valence-electron chi connectivity index (χ3n) is 2.16. The summed E-state index contributed by atoms with van der Waals surface area (Å²) in [7, 11) is -2.80. The maximum Gasteiger partial charge on any atom is 0.216 e. The molecule has 0 saturated carbocycles. The fourth-order valence-electron chi connectivity index (χ4n) is 1.27. The van der Waals surface area contributed by atoms with Crippen LogP contribution in [-0.4, -0.2) is 22.5 Å². The van der Waals surface area contributed by atoms with Crippen molar-refractivity contribution in [2.24, 2.45) is 0 Å². The summed E-state index contributed by atoms with van der Waals surface area (Å²) in [6, 6.07) is 9.78. The van der Waals surface area contributed by atoms with Gasteiger partial charge in [-0.1, -0.05) is 30.3 Å². The summed E-state index contributed by atoms with van der Waals surface area (Å²) in [6.07, 6.45) is 0.897. The zero-order valence-corrected chi connectivity index (χ0v) is 10.0. The van der Waals surface area contributed by atoms with Crippen LogP contribution in [0.1, 0.15) is 18.4 Å². The normalized spacial score (nSPS) is 14.6. The Kier molecular flexibility index (Phi) is 6.34. The fourth-order valence-corrected chi connectivity index (χ4v) is 1.72. The molecule has 1 rings (SSSR count). The molecular weight excluding hydrogens is 227 g/mol. The lowest BCUT2D eigenvalue weighted by molar-refractivity contribution is 0.108. The van der Waals surface area contributed by atoms with Crippen LogP contribution in [0, 0.1) is 0 Å². The molecular formula is C11H17O4P. The summed E-state index contributed by atoms with van der Waals surface area (Å²) in [5.41, 5.74) is 1.10. The van der Waals surface area contributed by atoms with Crippen LogP contribution >= 0.6 is 8.03 Å². The van der Waals surface area contributed by atoms with Gasteiger partial charge in [-0.15, -0.1) is 0 Å². The lowest BCUT2D eigenvalue weighted by Crippen LogP contribution is -2.03. The van der Waals surface area contributed by atoms with Gasteiger partial charge in [0.2, 0.25) is 8.03 Å². The Hall–Kier alpha value is -0.670. The van der Waals surface area contributed by atoms with Crippen LogP contribution in [0.3, 0.4) is 0 Å². The van der Waals surface area contributed by atoms with Crippen molar-refractivity contribution in [2.45, 2.75) is 25.3 Å². The van der Waals surface area contributed by atoms with E-state index in [9.17, 15) is 4.57 Å². The van der Waals surface area contributed by atoms with E-state index in [1.807, 2.05) is 30.3 Å². The van der Waals surface area contributed by atoms with Gasteiger partial charge in [0.25, 0.3) is 0 Å². The summed E-state index contributed by atoms with van der Waals surface area (Å²) in [5, 5.41) is 9.07. The average Bonchev–Trinajstić information content (AvgIpc) is 2.29. The third-order valence-corrected chi connectivity index (χ3v) is 3.02. The second-order valence-electron chi connectivity index (χ2n) is 3.53. The predicted octanol–water partition coefficient (Wildman–Crippen LogP) is 1.77. The van der Waals surface area contributed by atoms with Crippen molar-refractivity contribution < 1.29 is 19.3 Å². The second kappa shape index (κ2) is 7.58. The first-order valence-electron chi connectivity index (χ1n) is 5.22. The standard InChI is InChI=1S/C11H17O4P/c12-11(16(13)14)7-4-8-15-9-10-5-2-1-3-6-10/h1-3,5-6,11-12,16H,4,7-9H2,(H,13,14). The first kappa shape index (κ1) is 13.4. The number of rotatable bonds is 7. The number of aliphatic hydroxyl groups excluding tert-OH is 1. The summed E-state index contributed by atoms with van der Waals surface area (Å²) in [4.78, 5) is 8.61. The molecule has 2 N–H and O–H groups in total. The molecule has 1 aromatic carbocycles. The third kappa shape index (κ3) is 5.42. The molecule has 2 atom stereocenters. The van der Waals surface area contributed by atoms with E-state index in [0.717, 1.165) is 5.56 Å². The summed E-state index contributed by atoms with van der Waals surface area (Å²) >= 11 is 0. The number of hydrogen-bond acceptors (Lipinski definition) is 3. The van der Waals surface area contributed by atoms with Crippen molar-refractivity contribution >= 4 is 8.03 Å². The van der Waals surface area contributed by atoms with Crippen molar-refractivity contribution in [1.29, 1.82) is 0 Å². The minimum atomic E-state index is -2.80. The molecule has 0 amide bonds. The molecule has 0 saturated heterocycles. The maximum absolute atomic E-state index is 10.5. The molecule has 90 valence electrons. The zero-order chi connectivity index (χ0) is 11.8. The number of benzene rings is 1. The second-order valence-corrected chi connectivity index (χ2v) is 4.88. The quantitative estimate of drug-likeness (QED) is 0.566. The van der Waals surface area contributed by atoms with Crippen molar-refractivity contribution in [1.82, 2.24) is 0 Å². The Morgan fingerprint density at radius 2 is 2.00 bits per heavy atom. The van der Waals surface area contributed by atoms with Gasteiger partial charge in [-0.05, 0) is 18.4 Å². The van der Waals surface area contributed by atoms with E-state index in [4.69, 9.17) is 14.7 Å². The molecule has 0 fully saturated rings. The van der Waals surface area contributed by atoms with Gasteiger partial charge in [0.1, 0.15) is 5.85 Å². The molecule has 0 heterocycles. The van der Waals surface area contributed by atoms with Gasteiger partial charge in [-0.25, -0.2) is 0 Å². The maximum atomic E-state index is 10.5. The molecule has 0 aliphatic heterocycles. The van der Waals surface area contributed by atoms with E-state index < -0.39 is 13.9 Å². The van der Waals surface area contributed by atoms with E-state index >= 15 is 0 Å². The predicted molar refractivity (Wildman–Crippen MR) is 62.6 cm³/mol. The minimum absolute atomic E-state index is 0.309. The zero-order valence-electron chi connectivity index (χ0n) is 9.00. The van der Waals surface area contributed by atoms with Crippen molar-refractivity contribution in [3.63, 3.8) is 0 Å². The molecule has 0 bridgehead atoms. The van der Waals surface area contributed by atoms with Crippen molar-refractivity contribution in [3.05, 3.63) is 35.9 Å². The van der Waals surface area contributed by atoms with Gasteiger partial charge in [0.05, 0.1) is 6.61 Å². The minimum Gasteiger partial charge on any atom is -0.383 e. The number of ether oxygens (including phenoxy) is 1. The largest absolute Gasteiger partial charge is 0.383 e. The average molecular weight is 244 g/mol. The van der Waals surface area contributed by atoms with Crippen molar-refractivity contribution in [3.8, 4) is 0 Å². The van der Waals surface area contributed by atoms with Gasteiger partial charge < -0.3 is 14.7 Å². The molecule has 16 heavy (non-hydrogen) atoms. The molecule has 2 unspecified atom stereocenters. The van der Waals surface area contributed by atoms with Gasteiger partial charge in [-0.2, -0.15) is 0 Å². The Bertz CT molecular complexity index is 315. The van der Waals surface area contributed by atoms with E-state index in [-0.39, 0.29) is 0 Å². The monoisotopic (exact) mass is 244 g/mol. The molecule has 0 spiro atoms. The molecule has 1 aromatic rings. The van der Waals surface area contributed by atoms with Gasteiger partial charge in [0.15, 0.2) is 0 Å². The lowest BCUT2D eigenvalue weighted by Gasteiger charge is -2.07. The SMILES string of the molecule is O=[PH](O)C(O)CCCOCc1ccccc1. The highest BCUT2D eigenvalue weighted by Gasteiger charge is 2.08. The summed E-state index contributed by atoms with van der Waals surface area (Å²) < 4.78 is 15.8. The Morgan fingerprint density at radius 3 is 2.62 bits per heavy atom. The Balaban J connectivity index is 2.07. The highest BCUT2D eigenvalue weighted by molar-refractivity contribution is 7.38. The number of hydrogen-bond donors (Lipinski definition) is 2. The van der Waals surface area contributed by atoms with Crippen LogP contribution in [0.25, 0.3) is 0 Å². The van der Waals surface area contributed by atoms with Gasteiger partial charge in [0, 0.05) is 6.61 Å². The molecule has 4 nitrogen and oxygen atoms in total. The highest BCUT2D eigenvalue weighted by Crippen LogP contribution is 2.23. The van der Waals surface area contributed by atoms with E-state index in [1.165, 1.54) is 0 Å². The highest BCUT2D eigenvalue weighted by atomic mass is 31.1. The van der Waals surface area contributed by atoms with Crippen LogP contribution in [0.5, 0.6) is 0 Å². The molecule has 0 aromatic heterocycles. The first-order chi connectivity index (χ1) is 7.70. The van der Waals surface area contributed by atoms with Crippen LogP contribution in [0.15, 0.2) is 30.3 Å². The first-order valence-corrected chi connectivity index (χ1v) is 6.66. The topological polar surface area (TPSA) is 66.8 Å². The van der Waals surface area contributed by atoms with Crippen LogP contribution < -0.4 is 0 Å². The molecule has 0 aliphatic rings. The smallest absolute Gasteiger partial charge is 0.216 e. The van der Waals surface area contributed by atoms with E-state index in [0.29, 0.717) is 26.1 Å². The Labute approximate surface area is 95.7 Å². The van der Waals surface area contributed by atoms with Crippen LogP contribution in [0.2, 0.25) is 0 Å². The van der Waals surface area contributed by atoms with Crippen molar-refractivity contribution in [2.75, 3.05) is 6.61 Å². The lowest BCUT2D eigenvalue weighted by atomic mass is 10.2. The number of aliphatic hydroxyl groups is 1. The fraction of sp³-hybridized carbons (Fsp3) is 0.455. The van der Waals surface area contributed by atoms with Crippen LogP contribution in [-0.2, 0) is 15.9 Å². The molecule has 5 heteroatoms. The van der Waals surface area contributed by atoms with Gasteiger partial charge in [-0.3, -0.25) is 4.57 Å². The summed E-state index contributed by atoms with van der Waals surface area (Å²) in [5.74, 6) is -1.09. The molecule has 0 aliphatic carbocycles. The Morgan fingerprint density at radius 1 is 1.31 bits per heavy atom. The summed E-state index contributed by atoms with van der Waals surface area (Å²) in [6.45, 7) is 1.02. The van der Waals surface area contributed by atoms with Crippen LogP contribution in [0.4, 0.5) is 0 Å².